The summed E-state index contributed by atoms with van der Waals surface area (Å²) in [6.45, 7) is -0.481. The molecule has 21 heteroatoms. The number of anilines is 2. The van der Waals surface area contributed by atoms with E-state index in [9.17, 15) is 43.2 Å². The number of sulfonamides is 2. The van der Waals surface area contributed by atoms with Crippen LogP contribution in [0, 0.1) is 28.8 Å². The second-order valence-corrected chi connectivity index (χ2v) is 14.2. The summed E-state index contributed by atoms with van der Waals surface area (Å²) >= 11 is 11.5. The predicted molar refractivity (Wildman–Crippen MR) is 173 cm³/mol. The average Bonchev–Trinajstić information content (AvgIpc) is 3.67. The summed E-state index contributed by atoms with van der Waals surface area (Å²) in [6.07, 6.45) is -2.64. The van der Waals surface area contributed by atoms with Crippen molar-refractivity contribution in [2.45, 2.75) is 16.0 Å². The molecule has 0 aliphatic carbocycles. The lowest BCUT2D eigenvalue weighted by molar-refractivity contribution is -0.137. The first-order chi connectivity index (χ1) is 23.9. The van der Waals surface area contributed by atoms with E-state index >= 15 is 0 Å². The summed E-state index contributed by atoms with van der Waals surface area (Å²) in [5, 5.41) is 9.33. The molecule has 0 radical (unpaired) electrons. The summed E-state index contributed by atoms with van der Waals surface area (Å²) < 4.78 is 143. The smallest absolute Gasteiger partial charge is 0.416 e. The van der Waals surface area contributed by atoms with Crippen molar-refractivity contribution in [1.29, 1.82) is 5.26 Å². The van der Waals surface area contributed by atoms with E-state index in [0.29, 0.717) is 29.3 Å². The molecule has 0 bridgehead atoms. The number of pyridine rings is 1. The molecule has 266 valence electrons. The van der Waals surface area contributed by atoms with E-state index in [0.717, 1.165) is 12.5 Å². The van der Waals surface area contributed by atoms with Crippen LogP contribution in [0.2, 0.25) is 10.2 Å². The van der Waals surface area contributed by atoms with Crippen molar-refractivity contribution in [3.05, 3.63) is 106 Å². The van der Waals surface area contributed by atoms with Crippen molar-refractivity contribution in [3.8, 4) is 11.8 Å². The van der Waals surface area contributed by atoms with Crippen LogP contribution in [0.5, 0.6) is 5.75 Å². The lowest BCUT2D eigenvalue weighted by Gasteiger charge is -2.11. The van der Waals surface area contributed by atoms with Crippen LogP contribution in [0.3, 0.4) is 0 Å². The topological polar surface area (TPSA) is 167 Å². The first kappa shape index (κ1) is 37.1. The van der Waals surface area contributed by atoms with Gasteiger partial charge >= 0.3 is 6.18 Å². The number of nitrogens with zero attached hydrogens (tertiary/aromatic N) is 2. The molecule has 6 rings (SSSR count). The molecule has 0 fully saturated rings. The quantitative estimate of drug-likeness (QED) is 0.102. The maximum absolute atomic E-state index is 14.1. The number of aromatic amines is 1. The van der Waals surface area contributed by atoms with Gasteiger partial charge in [-0.1, -0.05) is 23.2 Å². The van der Waals surface area contributed by atoms with Gasteiger partial charge in [0.15, 0.2) is 24.0 Å². The van der Waals surface area contributed by atoms with Crippen molar-refractivity contribution in [2.24, 2.45) is 0 Å². The third-order valence-electron chi connectivity index (χ3n) is 6.65. The van der Waals surface area contributed by atoms with Crippen LogP contribution >= 0.6 is 23.2 Å². The number of hydrogen-bond donors (Lipinski definition) is 3. The number of nitriles is 1. The van der Waals surface area contributed by atoms with E-state index in [1.54, 1.807) is 6.07 Å². The van der Waals surface area contributed by atoms with Gasteiger partial charge in [0.2, 0.25) is 0 Å². The Labute approximate surface area is 293 Å². The van der Waals surface area contributed by atoms with Crippen molar-refractivity contribution < 1.29 is 52.3 Å². The fourth-order valence-corrected chi connectivity index (χ4v) is 7.10. The number of rotatable bonds is 8. The highest BCUT2D eigenvalue weighted by molar-refractivity contribution is 7.93. The molecule has 0 aliphatic rings. The molecule has 0 unspecified atom stereocenters. The number of fused-ring (bicyclic) bond motifs is 2. The van der Waals surface area contributed by atoms with Crippen molar-refractivity contribution >= 4 is 76.6 Å². The van der Waals surface area contributed by atoms with E-state index in [4.69, 9.17) is 37.6 Å². The summed E-state index contributed by atoms with van der Waals surface area (Å²) in [4.78, 5) is 6.00. The van der Waals surface area contributed by atoms with Gasteiger partial charge in [-0.05, 0) is 42.5 Å². The van der Waals surface area contributed by atoms with Gasteiger partial charge in [0.1, 0.15) is 44.3 Å². The van der Waals surface area contributed by atoms with E-state index in [1.165, 1.54) is 30.3 Å². The molecule has 3 N–H and O–H groups in total. The Morgan fingerprint density at radius 3 is 2.20 bits per heavy atom. The van der Waals surface area contributed by atoms with Gasteiger partial charge in [-0.2, -0.15) is 18.4 Å². The highest BCUT2D eigenvalue weighted by Crippen LogP contribution is 2.34. The monoisotopic (exact) mass is 791 g/mol. The molecule has 0 aliphatic heterocycles. The first-order valence-corrected chi connectivity index (χ1v) is 17.3. The molecule has 3 aromatic heterocycles. The number of halogens is 8. The zero-order valence-corrected chi connectivity index (χ0v) is 28.0. The fraction of sp³-hybridized carbons (Fsp3) is 0.0667. The number of aromatic nitrogens is 2. The van der Waals surface area contributed by atoms with Gasteiger partial charge in [0.25, 0.3) is 20.0 Å². The van der Waals surface area contributed by atoms with Crippen LogP contribution in [0.15, 0.2) is 87.3 Å². The number of ether oxygens (including phenoxy) is 1. The zero-order valence-electron chi connectivity index (χ0n) is 24.8. The van der Waals surface area contributed by atoms with Crippen LogP contribution in [0.1, 0.15) is 5.56 Å². The third-order valence-corrected chi connectivity index (χ3v) is 9.88. The molecule has 3 heterocycles. The van der Waals surface area contributed by atoms with Crippen LogP contribution < -0.4 is 14.2 Å². The predicted octanol–water partition coefficient (Wildman–Crippen LogP) is 8.24. The minimum absolute atomic E-state index is 0.139. The third kappa shape index (κ3) is 8.26. The molecule has 0 saturated carbocycles. The number of hydrogen-bond acceptors (Lipinski definition) is 8. The van der Waals surface area contributed by atoms with Gasteiger partial charge < -0.3 is 14.1 Å². The molecular formula is C30H17Cl2F6N5O6S2. The van der Waals surface area contributed by atoms with Gasteiger partial charge in [0, 0.05) is 40.2 Å². The number of H-pyrrole nitrogens is 1. The largest absolute Gasteiger partial charge is 0.476 e. The van der Waals surface area contributed by atoms with Crippen molar-refractivity contribution in [1.82, 2.24) is 9.97 Å². The second-order valence-electron chi connectivity index (χ2n) is 10.0. The van der Waals surface area contributed by atoms with Gasteiger partial charge in [0.05, 0.1) is 16.9 Å². The Hall–Kier alpha value is -5.16. The average molecular weight is 793 g/mol. The van der Waals surface area contributed by atoms with Crippen LogP contribution in [0.4, 0.5) is 37.7 Å². The van der Waals surface area contributed by atoms with Crippen molar-refractivity contribution in [3.63, 3.8) is 0 Å². The number of alkyl halides is 3. The van der Waals surface area contributed by atoms with E-state index in [-0.39, 0.29) is 43.0 Å². The highest BCUT2D eigenvalue weighted by atomic mass is 35.5. The Balaban J connectivity index is 0.000000198. The van der Waals surface area contributed by atoms with E-state index in [1.807, 2.05) is 9.44 Å². The standard InChI is InChI=1S/C16H9ClF2N2O4S.C14H8ClF4N3O2S/c17-9-1-2-10-14(5-9)25-8-16(10)26(22,23)21-13-6-12(19)15(7-11(13)18)24-4-3-20;15-12-4-2-8-11(6-20-13(8)21-12)25(23,24)22-10-3-1-7(5-9(10)16)14(17,18)19/h1-2,5-8,21H,4H2;1-6,22H,(H,20,21). The van der Waals surface area contributed by atoms with E-state index in [2.05, 4.69) is 9.97 Å². The van der Waals surface area contributed by atoms with Gasteiger partial charge in [-0.3, -0.25) is 9.44 Å². The molecule has 11 nitrogen and oxygen atoms in total. The molecular weight excluding hydrogens is 775 g/mol. The minimum Gasteiger partial charge on any atom is -0.476 e. The maximum Gasteiger partial charge on any atom is 0.416 e. The fourth-order valence-electron chi connectivity index (χ4n) is 4.37. The zero-order chi connectivity index (χ0) is 37.3. The SMILES string of the molecule is N#CCOc1cc(F)c(NS(=O)(=O)c2coc3cc(Cl)ccc23)cc1F.O=S(=O)(Nc1ccc(C(F)(F)F)cc1F)c1c[nH]c2nc(Cl)ccc12. The van der Waals surface area contributed by atoms with Crippen LogP contribution in [0.25, 0.3) is 22.0 Å². The Kier molecular flexibility index (Phi) is 10.3. The summed E-state index contributed by atoms with van der Waals surface area (Å²) in [5.74, 6) is -3.95. The Bertz CT molecular complexity index is 2560. The van der Waals surface area contributed by atoms with E-state index < -0.39 is 73.0 Å². The van der Waals surface area contributed by atoms with Gasteiger partial charge in [-0.25, -0.2) is 35.0 Å². The molecule has 6 aromatic rings. The molecule has 3 aromatic carbocycles. The molecule has 51 heavy (non-hydrogen) atoms. The summed E-state index contributed by atoms with van der Waals surface area (Å²) in [5.41, 5.74) is -2.02. The summed E-state index contributed by atoms with van der Waals surface area (Å²) in [6, 6.07) is 11.5. The Morgan fingerprint density at radius 1 is 0.843 bits per heavy atom. The normalized spacial score (nSPS) is 11.9. The highest BCUT2D eigenvalue weighted by Gasteiger charge is 2.32. The molecule has 0 spiro atoms. The second kappa shape index (κ2) is 14.2. The number of nitrogens with one attached hydrogen (secondary N) is 3. The minimum atomic E-state index is -4.74. The van der Waals surface area contributed by atoms with Gasteiger partial charge in [-0.15, -0.1) is 0 Å². The molecule has 0 amide bonds. The summed E-state index contributed by atoms with van der Waals surface area (Å²) in [7, 11) is -8.53. The van der Waals surface area contributed by atoms with Crippen LogP contribution in [-0.2, 0) is 26.2 Å². The molecule has 0 saturated heterocycles. The van der Waals surface area contributed by atoms with Crippen LogP contribution in [-0.4, -0.2) is 33.4 Å². The lowest BCUT2D eigenvalue weighted by Crippen LogP contribution is -2.14. The number of benzene rings is 3. The van der Waals surface area contributed by atoms with Crippen molar-refractivity contribution in [2.75, 3.05) is 16.1 Å². The molecule has 0 atom stereocenters. The number of furan rings is 1. The first-order valence-electron chi connectivity index (χ1n) is 13.6. The maximum atomic E-state index is 14.1. The lowest BCUT2D eigenvalue weighted by atomic mass is 10.2. The Morgan fingerprint density at radius 2 is 1.51 bits per heavy atom.